The van der Waals surface area contributed by atoms with Gasteiger partial charge in [-0.15, -0.1) is 23.2 Å². The summed E-state index contributed by atoms with van der Waals surface area (Å²) in [5.41, 5.74) is 5.83. The number of hydrogen-bond donors (Lipinski definition) is 3. The van der Waals surface area contributed by atoms with Gasteiger partial charge in [-0.2, -0.15) is 0 Å². The molecule has 0 aliphatic carbocycles. The van der Waals surface area contributed by atoms with Gasteiger partial charge in [0.15, 0.2) is 0 Å². The number of carbonyl (C=O) groups is 1. The van der Waals surface area contributed by atoms with Crippen LogP contribution in [0.4, 0.5) is 33.2 Å². The second-order valence-corrected chi connectivity index (χ2v) is 9.36. The predicted molar refractivity (Wildman–Crippen MR) is 154 cm³/mol. The molecule has 0 bridgehead atoms. The molecule has 0 aliphatic heterocycles. The Hall–Kier alpha value is -3.19. The summed E-state index contributed by atoms with van der Waals surface area (Å²) in [5.74, 6) is 1.02. The number of anilines is 5. The number of urea groups is 1. The summed E-state index contributed by atoms with van der Waals surface area (Å²) in [6.45, 7) is 3.35. The van der Waals surface area contributed by atoms with Crippen LogP contribution in [0.25, 0.3) is 10.9 Å². The third-order valence-corrected chi connectivity index (χ3v) is 6.11. The van der Waals surface area contributed by atoms with E-state index in [9.17, 15) is 4.79 Å². The van der Waals surface area contributed by atoms with Crippen LogP contribution in [0.15, 0.2) is 72.8 Å². The number of nitrogens with one attached hydrogen (secondary N) is 3. The molecule has 1 heterocycles. The quantitative estimate of drug-likeness (QED) is 0.188. The predicted octanol–water partition coefficient (Wildman–Crippen LogP) is 7.87. The first kappa shape index (κ1) is 25.9. The van der Waals surface area contributed by atoms with Crippen molar-refractivity contribution in [3.63, 3.8) is 0 Å². The van der Waals surface area contributed by atoms with Gasteiger partial charge in [-0.1, -0.05) is 11.6 Å². The second kappa shape index (κ2) is 12.2. The molecule has 0 saturated carbocycles. The SMILES string of the molecule is Cc1cc(Nc2ccc(Cl)cc2)c2cc(NC(=O)Nc3ccc(N(CCCl)CCCl)cc3)ccc2n1. The number of benzene rings is 3. The van der Waals surface area contributed by atoms with Crippen LogP contribution in [0.2, 0.25) is 5.02 Å². The third-order valence-electron chi connectivity index (χ3n) is 5.52. The minimum Gasteiger partial charge on any atom is -0.369 e. The highest BCUT2D eigenvalue weighted by Gasteiger charge is 2.10. The van der Waals surface area contributed by atoms with E-state index in [0.717, 1.165) is 33.7 Å². The summed E-state index contributed by atoms with van der Waals surface area (Å²) in [6.07, 6.45) is 0. The van der Waals surface area contributed by atoms with Crippen molar-refractivity contribution >= 4 is 80.2 Å². The lowest BCUT2D eigenvalue weighted by Crippen LogP contribution is -2.27. The summed E-state index contributed by atoms with van der Waals surface area (Å²) in [4.78, 5) is 19.4. The van der Waals surface area contributed by atoms with Gasteiger partial charge in [0.2, 0.25) is 0 Å². The Morgan fingerprint density at radius 1 is 0.833 bits per heavy atom. The van der Waals surface area contributed by atoms with Crippen molar-refractivity contribution in [1.29, 1.82) is 0 Å². The smallest absolute Gasteiger partial charge is 0.323 e. The van der Waals surface area contributed by atoms with Crippen LogP contribution < -0.4 is 20.9 Å². The van der Waals surface area contributed by atoms with Crippen LogP contribution >= 0.6 is 34.8 Å². The van der Waals surface area contributed by atoms with Crippen LogP contribution in [0.5, 0.6) is 0 Å². The molecule has 6 nitrogen and oxygen atoms in total. The number of fused-ring (bicyclic) bond motifs is 1. The van der Waals surface area contributed by atoms with E-state index in [1.54, 1.807) is 0 Å². The van der Waals surface area contributed by atoms with Gasteiger partial charge in [-0.3, -0.25) is 4.98 Å². The molecule has 1 aromatic heterocycles. The summed E-state index contributed by atoms with van der Waals surface area (Å²) >= 11 is 17.8. The summed E-state index contributed by atoms with van der Waals surface area (Å²) in [5, 5.41) is 10.8. The maximum Gasteiger partial charge on any atom is 0.323 e. The number of pyridine rings is 1. The Bertz CT molecular complexity index is 1320. The van der Waals surface area contributed by atoms with Gasteiger partial charge in [0.1, 0.15) is 0 Å². The van der Waals surface area contributed by atoms with Gasteiger partial charge in [-0.25, -0.2) is 4.79 Å². The van der Waals surface area contributed by atoms with E-state index in [4.69, 9.17) is 34.8 Å². The number of halogens is 3. The summed E-state index contributed by atoms with van der Waals surface area (Å²) < 4.78 is 0. The Balaban J connectivity index is 1.48. The monoisotopic (exact) mass is 541 g/mol. The van der Waals surface area contributed by atoms with Crippen LogP contribution in [-0.4, -0.2) is 35.9 Å². The number of hydrogen-bond acceptors (Lipinski definition) is 4. The lowest BCUT2D eigenvalue weighted by molar-refractivity contribution is 0.262. The standard InChI is InChI=1S/C27H26Cl3N5O/c1-18-16-26(32-20-4-2-19(30)3-5-20)24-17-22(8-11-25(24)31-18)34-27(36)33-21-6-9-23(10-7-21)35(14-12-28)15-13-29/h2-11,16-17H,12-15H2,1H3,(H,31,32)(H2,33,34,36). The van der Waals surface area contributed by atoms with Crippen molar-refractivity contribution < 1.29 is 4.79 Å². The maximum absolute atomic E-state index is 12.7. The maximum atomic E-state index is 12.7. The molecule has 9 heteroatoms. The fourth-order valence-electron chi connectivity index (χ4n) is 3.85. The van der Waals surface area contributed by atoms with E-state index in [2.05, 4.69) is 25.8 Å². The number of rotatable bonds is 9. The molecule has 0 saturated heterocycles. The van der Waals surface area contributed by atoms with Crippen LogP contribution in [0.1, 0.15) is 5.69 Å². The zero-order valence-corrected chi connectivity index (χ0v) is 22.0. The molecular formula is C27H26Cl3N5O. The number of nitrogens with zero attached hydrogens (tertiary/aromatic N) is 2. The minimum absolute atomic E-state index is 0.340. The highest BCUT2D eigenvalue weighted by atomic mass is 35.5. The average Bonchev–Trinajstić information content (AvgIpc) is 2.86. The topological polar surface area (TPSA) is 69.3 Å². The lowest BCUT2D eigenvalue weighted by Gasteiger charge is -2.23. The van der Waals surface area contributed by atoms with Crippen molar-refractivity contribution in [3.05, 3.63) is 83.5 Å². The molecule has 3 N–H and O–H groups in total. The molecule has 2 amide bonds. The fraction of sp³-hybridized carbons (Fsp3) is 0.185. The molecular weight excluding hydrogens is 517 g/mol. The fourth-order valence-corrected chi connectivity index (χ4v) is 4.39. The van der Waals surface area contributed by atoms with E-state index < -0.39 is 0 Å². The van der Waals surface area contributed by atoms with E-state index >= 15 is 0 Å². The molecule has 0 aliphatic rings. The van der Waals surface area contributed by atoms with Gasteiger partial charge in [0.25, 0.3) is 0 Å². The molecule has 186 valence electrons. The molecule has 4 rings (SSSR count). The van der Waals surface area contributed by atoms with E-state index in [1.165, 1.54) is 0 Å². The van der Waals surface area contributed by atoms with Crippen molar-refractivity contribution in [2.45, 2.75) is 6.92 Å². The van der Waals surface area contributed by atoms with Crippen molar-refractivity contribution in [2.75, 3.05) is 45.7 Å². The lowest BCUT2D eigenvalue weighted by atomic mass is 10.1. The summed E-state index contributed by atoms with van der Waals surface area (Å²) in [6, 6.07) is 22.3. The van der Waals surface area contributed by atoms with E-state index in [0.29, 0.717) is 41.2 Å². The molecule has 4 aromatic rings. The minimum atomic E-state index is -0.340. The molecule has 0 unspecified atom stereocenters. The van der Waals surface area contributed by atoms with Gasteiger partial charge >= 0.3 is 6.03 Å². The zero-order chi connectivity index (χ0) is 25.5. The van der Waals surface area contributed by atoms with Gasteiger partial charge < -0.3 is 20.9 Å². The van der Waals surface area contributed by atoms with Crippen LogP contribution in [0, 0.1) is 6.92 Å². The second-order valence-electron chi connectivity index (χ2n) is 8.17. The Kier molecular flexibility index (Phi) is 8.75. The van der Waals surface area contributed by atoms with Gasteiger partial charge in [0, 0.05) is 69.4 Å². The molecule has 0 atom stereocenters. The first-order chi connectivity index (χ1) is 17.4. The van der Waals surface area contributed by atoms with Crippen molar-refractivity contribution in [1.82, 2.24) is 4.98 Å². The van der Waals surface area contributed by atoms with Crippen molar-refractivity contribution in [2.24, 2.45) is 0 Å². The van der Waals surface area contributed by atoms with E-state index in [-0.39, 0.29) is 6.03 Å². The largest absolute Gasteiger partial charge is 0.369 e. The Morgan fingerprint density at radius 3 is 2.11 bits per heavy atom. The molecule has 36 heavy (non-hydrogen) atoms. The first-order valence-electron chi connectivity index (χ1n) is 11.4. The van der Waals surface area contributed by atoms with Crippen molar-refractivity contribution in [3.8, 4) is 0 Å². The number of amides is 2. The van der Waals surface area contributed by atoms with Crippen LogP contribution in [0.3, 0.4) is 0 Å². The number of carbonyl (C=O) groups excluding carboxylic acids is 1. The highest BCUT2D eigenvalue weighted by molar-refractivity contribution is 6.30. The number of aryl methyl sites for hydroxylation is 1. The molecule has 3 aromatic carbocycles. The average molecular weight is 543 g/mol. The normalized spacial score (nSPS) is 10.8. The van der Waals surface area contributed by atoms with Gasteiger partial charge in [-0.05, 0) is 79.7 Å². The summed E-state index contributed by atoms with van der Waals surface area (Å²) in [7, 11) is 0. The Labute approximate surface area is 225 Å². The van der Waals surface area contributed by atoms with Crippen LogP contribution in [-0.2, 0) is 0 Å². The molecule has 0 spiro atoms. The zero-order valence-electron chi connectivity index (χ0n) is 19.7. The van der Waals surface area contributed by atoms with E-state index in [1.807, 2.05) is 79.7 Å². The highest BCUT2D eigenvalue weighted by Crippen LogP contribution is 2.29. The first-order valence-corrected chi connectivity index (χ1v) is 12.9. The number of alkyl halides is 2. The number of aromatic nitrogens is 1. The Morgan fingerprint density at radius 2 is 1.44 bits per heavy atom. The van der Waals surface area contributed by atoms with Gasteiger partial charge in [0.05, 0.1) is 5.52 Å². The third kappa shape index (κ3) is 6.72. The molecule has 0 radical (unpaired) electrons. The molecule has 0 fully saturated rings.